The molecule has 0 aliphatic rings. The van der Waals surface area contributed by atoms with E-state index in [1.807, 2.05) is 42.5 Å². The van der Waals surface area contributed by atoms with Gasteiger partial charge in [0.05, 0.1) is 6.20 Å². The van der Waals surface area contributed by atoms with Gasteiger partial charge in [-0.2, -0.15) is 0 Å². The summed E-state index contributed by atoms with van der Waals surface area (Å²) in [5.74, 6) is -0.310. The molecule has 0 saturated carbocycles. The number of carbonyl (C=O) groups is 1. The molecule has 1 N–H and O–H groups in total. The van der Waals surface area contributed by atoms with E-state index in [9.17, 15) is 4.79 Å². The van der Waals surface area contributed by atoms with Crippen molar-refractivity contribution in [2.75, 3.05) is 0 Å². The van der Waals surface area contributed by atoms with Crippen molar-refractivity contribution in [2.24, 2.45) is 7.05 Å². The van der Waals surface area contributed by atoms with Crippen LogP contribution in [-0.4, -0.2) is 20.6 Å². The van der Waals surface area contributed by atoms with Crippen LogP contribution in [0.25, 0.3) is 22.2 Å². The van der Waals surface area contributed by atoms with E-state index >= 15 is 0 Å². The van der Waals surface area contributed by atoms with Gasteiger partial charge in [-0.3, -0.25) is 0 Å². The molecule has 0 radical (unpaired) electrons. The van der Waals surface area contributed by atoms with Gasteiger partial charge in [-0.05, 0) is 10.8 Å². The molecule has 0 fully saturated rings. The van der Waals surface area contributed by atoms with E-state index < -0.39 is 5.97 Å². The Morgan fingerprint density at radius 1 is 1.16 bits per heavy atom. The lowest BCUT2D eigenvalue weighted by Gasteiger charge is -2.07. The average Bonchev–Trinajstić information content (AvgIpc) is 2.80. The number of carboxylic acid groups (broad SMARTS) is 1. The zero-order valence-electron chi connectivity index (χ0n) is 10.4. The van der Waals surface area contributed by atoms with Gasteiger partial charge in [0.1, 0.15) is 11.5 Å². The second-order valence-electron chi connectivity index (χ2n) is 4.36. The molecular weight excluding hydrogens is 240 g/mol. The van der Waals surface area contributed by atoms with Gasteiger partial charge >= 0.3 is 5.97 Å². The van der Waals surface area contributed by atoms with Gasteiger partial charge in [0.15, 0.2) is 0 Å². The van der Waals surface area contributed by atoms with Crippen molar-refractivity contribution < 1.29 is 9.90 Å². The van der Waals surface area contributed by atoms with E-state index in [1.54, 1.807) is 11.6 Å². The van der Waals surface area contributed by atoms with Crippen LogP contribution in [0.1, 0.15) is 10.5 Å². The number of benzene rings is 2. The summed E-state index contributed by atoms with van der Waals surface area (Å²) in [6, 6.07) is 13.9. The maximum absolute atomic E-state index is 11.1. The highest BCUT2D eigenvalue weighted by Gasteiger charge is 2.15. The summed E-state index contributed by atoms with van der Waals surface area (Å²) in [6.45, 7) is 0. The molecule has 3 rings (SSSR count). The van der Waals surface area contributed by atoms with Gasteiger partial charge < -0.3 is 9.67 Å². The fraction of sp³-hybridized carbons (Fsp3) is 0.0667. The van der Waals surface area contributed by atoms with E-state index in [2.05, 4.69) is 4.98 Å². The van der Waals surface area contributed by atoms with Crippen LogP contribution in [0, 0.1) is 0 Å². The van der Waals surface area contributed by atoms with Crippen molar-refractivity contribution >= 4 is 16.7 Å². The summed E-state index contributed by atoms with van der Waals surface area (Å²) >= 11 is 0. The monoisotopic (exact) mass is 252 g/mol. The first-order chi connectivity index (χ1) is 9.18. The Bertz CT molecular complexity index is 769. The van der Waals surface area contributed by atoms with Crippen LogP contribution < -0.4 is 0 Å². The molecule has 0 spiro atoms. The molecule has 0 aliphatic carbocycles. The van der Waals surface area contributed by atoms with Crippen LogP contribution in [0.15, 0.2) is 48.7 Å². The number of imidazole rings is 1. The predicted octanol–water partition coefficient (Wildman–Crippen LogP) is 2.94. The summed E-state index contributed by atoms with van der Waals surface area (Å²) in [7, 11) is 1.72. The second-order valence-corrected chi connectivity index (χ2v) is 4.36. The van der Waals surface area contributed by atoms with Crippen molar-refractivity contribution in [2.45, 2.75) is 0 Å². The number of aromatic carboxylic acids is 1. The quantitative estimate of drug-likeness (QED) is 0.763. The summed E-state index contributed by atoms with van der Waals surface area (Å²) < 4.78 is 1.60. The van der Waals surface area contributed by atoms with E-state index in [0.717, 1.165) is 16.3 Å². The van der Waals surface area contributed by atoms with Gasteiger partial charge in [0, 0.05) is 12.6 Å². The zero-order chi connectivity index (χ0) is 13.4. The zero-order valence-corrected chi connectivity index (χ0v) is 10.4. The molecule has 0 unspecified atom stereocenters. The van der Waals surface area contributed by atoms with E-state index in [0.29, 0.717) is 5.82 Å². The van der Waals surface area contributed by atoms with Crippen LogP contribution in [-0.2, 0) is 7.05 Å². The molecule has 0 bridgehead atoms. The van der Waals surface area contributed by atoms with Crippen molar-refractivity contribution in [1.29, 1.82) is 0 Å². The van der Waals surface area contributed by atoms with Gasteiger partial charge in [-0.25, -0.2) is 9.78 Å². The van der Waals surface area contributed by atoms with Crippen LogP contribution in [0.2, 0.25) is 0 Å². The third kappa shape index (κ3) is 1.78. The molecule has 1 heterocycles. The second kappa shape index (κ2) is 4.24. The fourth-order valence-corrected chi connectivity index (χ4v) is 2.28. The Hall–Kier alpha value is -2.62. The van der Waals surface area contributed by atoms with Crippen molar-refractivity contribution in [3.8, 4) is 11.4 Å². The third-order valence-electron chi connectivity index (χ3n) is 3.24. The first-order valence-corrected chi connectivity index (χ1v) is 5.91. The highest BCUT2D eigenvalue weighted by Crippen LogP contribution is 2.27. The first kappa shape index (κ1) is 11.5. The van der Waals surface area contributed by atoms with E-state index in [4.69, 9.17) is 5.11 Å². The van der Waals surface area contributed by atoms with Crippen LogP contribution in [0.4, 0.5) is 0 Å². The van der Waals surface area contributed by atoms with Gasteiger partial charge in [-0.1, -0.05) is 42.5 Å². The first-order valence-electron chi connectivity index (χ1n) is 5.91. The fourth-order valence-electron chi connectivity index (χ4n) is 2.28. The topological polar surface area (TPSA) is 55.1 Å². The molecule has 1 aromatic heterocycles. The number of fused-ring (bicyclic) bond motifs is 1. The maximum Gasteiger partial charge on any atom is 0.354 e. The number of rotatable bonds is 2. The van der Waals surface area contributed by atoms with Crippen LogP contribution >= 0.6 is 0 Å². The number of hydrogen-bond acceptors (Lipinski definition) is 2. The largest absolute Gasteiger partial charge is 0.477 e. The molecule has 4 nitrogen and oxygen atoms in total. The minimum Gasteiger partial charge on any atom is -0.477 e. The lowest BCUT2D eigenvalue weighted by Crippen LogP contribution is -2.05. The number of nitrogens with zero attached hydrogens (tertiary/aromatic N) is 2. The number of aromatic nitrogens is 2. The van der Waals surface area contributed by atoms with Crippen molar-refractivity contribution in [3.05, 3.63) is 54.4 Å². The Morgan fingerprint density at radius 3 is 2.63 bits per heavy atom. The van der Waals surface area contributed by atoms with E-state index in [-0.39, 0.29) is 5.69 Å². The van der Waals surface area contributed by atoms with Gasteiger partial charge in [0.25, 0.3) is 0 Å². The summed E-state index contributed by atoms with van der Waals surface area (Å²) in [6.07, 6.45) is 1.39. The predicted molar refractivity (Wildman–Crippen MR) is 73.1 cm³/mol. The summed E-state index contributed by atoms with van der Waals surface area (Å²) in [4.78, 5) is 15.3. The molecule has 0 aliphatic heterocycles. The Kier molecular flexibility index (Phi) is 2.56. The average molecular weight is 252 g/mol. The highest BCUT2D eigenvalue weighted by atomic mass is 16.4. The molecule has 3 aromatic rings. The normalized spacial score (nSPS) is 10.8. The molecule has 0 saturated heterocycles. The lowest BCUT2D eigenvalue weighted by molar-refractivity contribution is 0.0686. The minimum atomic E-state index is -0.971. The SMILES string of the molecule is Cn1c(C(=O)O)cnc1-c1cccc2ccccc12. The highest BCUT2D eigenvalue weighted by molar-refractivity contribution is 5.96. The Balaban J connectivity index is 2.28. The molecule has 0 atom stereocenters. The molecule has 0 amide bonds. The van der Waals surface area contributed by atoms with Gasteiger partial charge in [-0.15, -0.1) is 0 Å². The molecule has 19 heavy (non-hydrogen) atoms. The molecule has 2 aromatic carbocycles. The van der Waals surface area contributed by atoms with Crippen molar-refractivity contribution in [1.82, 2.24) is 9.55 Å². The molecule has 94 valence electrons. The van der Waals surface area contributed by atoms with Gasteiger partial charge in [0.2, 0.25) is 0 Å². The third-order valence-corrected chi connectivity index (χ3v) is 3.24. The lowest BCUT2D eigenvalue weighted by atomic mass is 10.0. The number of carboxylic acids is 1. The standard InChI is InChI=1S/C15H12N2O2/c1-17-13(15(18)19)9-16-14(17)12-8-4-6-10-5-2-3-7-11(10)12/h2-9H,1H3,(H,18,19). The van der Waals surface area contributed by atoms with Crippen molar-refractivity contribution in [3.63, 3.8) is 0 Å². The molecular formula is C15H12N2O2. The summed E-state index contributed by atoms with van der Waals surface area (Å²) in [5.41, 5.74) is 1.12. The summed E-state index contributed by atoms with van der Waals surface area (Å²) in [5, 5.41) is 11.3. The molecule has 4 heteroatoms. The van der Waals surface area contributed by atoms with E-state index in [1.165, 1.54) is 6.20 Å². The minimum absolute atomic E-state index is 0.183. The Labute approximate surface area is 109 Å². The smallest absolute Gasteiger partial charge is 0.354 e. The Morgan fingerprint density at radius 2 is 1.89 bits per heavy atom. The number of hydrogen-bond donors (Lipinski definition) is 1. The van der Waals surface area contributed by atoms with Crippen LogP contribution in [0.3, 0.4) is 0 Å². The maximum atomic E-state index is 11.1. The van der Waals surface area contributed by atoms with Crippen LogP contribution in [0.5, 0.6) is 0 Å².